The van der Waals surface area contributed by atoms with Crippen molar-refractivity contribution in [1.82, 2.24) is 0 Å². The molecule has 0 saturated carbocycles. The van der Waals surface area contributed by atoms with E-state index in [1.165, 1.54) is 0 Å². The molecule has 2 aromatic rings. The first-order chi connectivity index (χ1) is 8.27. The standard InChI is InChI=1S/C16H16O/c1-13(14-8-4-2-5-9-14)12-16(17)15-10-6-3-7-11-15/h2-11,16-17H,1,12H2/t16-/m1/s1. The van der Waals surface area contributed by atoms with E-state index in [0.29, 0.717) is 6.42 Å². The van der Waals surface area contributed by atoms with E-state index in [1.54, 1.807) is 0 Å². The Morgan fingerprint density at radius 3 is 2.06 bits per heavy atom. The first kappa shape index (κ1) is 11.6. The van der Waals surface area contributed by atoms with Crippen LogP contribution < -0.4 is 0 Å². The molecule has 1 atom stereocenters. The van der Waals surface area contributed by atoms with Gasteiger partial charge in [-0.05, 0) is 16.7 Å². The minimum atomic E-state index is -0.482. The molecule has 0 aliphatic rings. The number of rotatable bonds is 4. The first-order valence-electron chi connectivity index (χ1n) is 5.73. The Hall–Kier alpha value is -1.86. The highest BCUT2D eigenvalue weighted by Gasteiger charge is 2.09. The second-order valence-electron chi connectivity index (χ2n) is 4.10. The quantitative estimate of drug-likeness (QED) is 0.837. The zero-order valence-electron chi connectivity index (χ0n) is 9.71. The highest BCUT2D eigenvalue weighted by molar-refractivity contribution is 5.63. The van der Waals surface area contributed by atoms with Gasteiger partial charge in [0.1, 0.15) is 0 Å². The molecule has 0 aliphatic heterocycles. The van der Waals surface area contributed by atoms with Crippen LogP contribution in [0.4, 0.5) is 0 Å². The van der Waals surface area contributed by atoms with Crippen molar-refractivity contribution in [3.8, 4) is 0 Å². The predicted molar refractivity (Wildman–Crippen MR) is 71.5 cm³/mol. The van der Waals surface area contributed by atoms with Crippen molar-refractivity contribution in [3.05, 3.63) is 78.4 Å². The Morgan fingerprint density at radius 2 is 1.47 bits per heavy atom. The zero-order valence-corrected chi connectivity index (χ0v) is 9.71. The van der Waals surface area contributed by atoms with Crippen molar-refractivity contribution >= 4 is 5.57 Å². The van der Waals surface area contributed by atoms with Gasteiger partial charge in [0, 0.05) is 6.42 Å². The lowest BCUT2D eigenvalue weighted by atomic mass is 9.98. The maximum Gasteiger partial charge on any atom is 0.0830 e. The van der Waals surface area contributed by atoms with E-state index in [9.17, 15) is 5.11 Å². The fourth-order valence-electron chi connectivity index (χ4n) is 1.82. The number of aliphatic hydroxyl groups is 1. The van der Waals surface area contributed by atoms with Crippen LogP contribution in [-0.4, -0.2) is 5.11 Å². The number of aliphatic hydroxyl groups excluding tert-OH is 1. The van der Waals surface area contributed by atoms with Crippen LogP contribution in [0.5, 0.6) is 0 Å². The normalized spacial score (nSPS) is 12.1. The molecule has 0 bridgehead atoms. The Morgan fingerprint density at radius 1 is 0.941 bits per heavy atom. The summed E-state index contributed by atoms with van der Waals surface area (Å²) in [5.41, 5.74) is 2.98. The molecule has 1 N–H and O–H groups in total. The summed E-state index contributed by atoms with van der Waals surface area (Å²) in [6, 6.07) is 19.6. The molecule has 0 amide bonds. The van der Waals surface area contributed by atoms with E-state index in [0.717, 1.165) is 16.7 Å². The number of hydrogen-bond donors (Lipinski definition) is 1. The van der Waals surface area contributed by atoms with Crippen molar-refractivity contribution in [1.29, 1.82) is 0 Å². The largest absolute Gasteiger partial charge is 0.388 e. The molecular weight excluding hydrogens is 208 g/mol. The van der Waals surface area contributed by atoms with Crippen LogP contribution >= 0.6 is 0 Å². The lowest BCUT2D eigenvalue weighted by Gasteiger charge is -2.13. The van der Waals surface area contributed by atoms with Crippen LogP contribution in [0, 0.1) is 0 Å². The monoisotopic (exact) mass is 224 g/mol. The van der Waals surface area contributed by atoms with Gasteiger partial charge in [-0.25, -0.2) is 0 Å². The van der Waals surface area contributed by atoms with Crippen molar-refractivity contribution in [2.24, 2.45) is 0 Å². The third-order valence-electron chi connectivity index (χ3n) is 2.81. The molecular formula is C16H16O. The van der Waals surface area contributed by atoms with Crippen molar-refractivity contribution in [2.75, 3.05) is 0 Å². The fourth-order valence-corrected chi connectivity index (χ4v) is 1.82. The van der Waals surface area contributed by atoms with Crippen LogP contribution in [0.25, 0.3) is 5.57 Å². The topological polar surface area (TPSA) is 20.2 Å². The molecule has 0 fully saturated rings. The molecule has 2 aromatic carbocycles. The third kappa shape index (κ3) is 3.05. The van der Waals surface area contributed by atoms with E-state index >= 15 is 0 Å². The summed E-state index contributed by atoms with van der Waals surface area (Å²) in [5.74, 6) is 0. The summed E-state index contributed by atoms with van der Waals surface area (Å²) in [7, 11) is 0. The zero-order chi connectivity index (χ0) is 12.1. The maximum absolute atomic E-state index is 10.1. The number of hydrogen-bond acceptors (Lipinski definition) is 1. The predicted octanol–water partition coefficient (Wildman–Crippen LogP) is 3.82. The molecule has 0 unspecified atom stereocenters. The molecule has 0 aliphatic carbocycles. The first-order valence-corrected chi connectivity index (χ1v) is 5.73. The molecule has 0 aromatic heterocycles. The van der Waals surface area contributed by atoms with E-state index in [2.05, 4.69) is 6.58 Å². The fraction of sp³-hybridized carbons (Fsp3) is 0.125. The summed E-state index contributed by atoms with van der Waals surface area (Å²) in [5, 5.41) is 10.1. The van der Waals surface area contributed by atoms with E-state index < -0.39 is 6.10 Å². The van der Waals surface area contributed by atoms with Gasteiger partial charge in [0.15, 0.2) is 0 Å². The van der Waals surface area contributed by atoms with Gasteiger partial charge in [-0.1, -0.05) is 67.2 Å². The summed E-state index contributed by atoms with van der Waals surface area (Å²) in [4.78, 5) is 0. The number of benzene rings is 2. The molecule has 0 radical (unpaired) electrons. The summed E-state index contributed by atoms with van der Waals surface area (Å²) in [6.07, 6.45) is 0.0810. The summed E-state index contributed by atoms with van der Waals surface area (Å²) in [6.45, 7) is 4.03. The average molecular weight is 224 g/mol. The lowest BCUT2D eigenvalue weighted by molar-refractivity contribution is 0.184. The highest BCUT2D eigenvalue weighted by Crippen LogP contribution is 2.25. The molecule has 1 nitrogen and oxygen atoms in total. The van der Waals surface area contributed by atoms with E-state index in [-0.39, 0.29) is 0 Å². The van der Waals surface area contributed by atoms with E-state index in [4.69, 9.17) is 0 Å². The Bertz CT molecular complexity index is 473. The van der Waals surface area contributed by atoms with Crippen molar-refractivity contribution in [3.63, 3.8) is 0 Å². The van der Waals surface area contributed by atoms with Gasteiger partial charge < -0.3 is 5.11 Å². The minimum absolute atomic E-state index is 0.482. The highest BCUT2D eigenvalue weighted by atomic mass is 16.3. The van der Waals surface area contributed by atoms with Crippen molar-refractivity contribution in [2.45, 2.75) is 12.5 Å². The SMILES string of the molecule is C=C(C[C@@H](O)c1ccccc1)c1ccccc1. The van der Waals surface area contributed by atoms with Crippen LogP contribution in [-0.2, 0) is 0 Å². The van der Waals surface area contributed by atoms with Crippen LogP contribution in [0.1, 0.15) is 23.7 Å². The maximum atomic E-state index is 10.1. The van der Waals surface area contributed by atoms with Crippen LogP contribution in [0.15, 0.2) is 67.2 Å². The van der Waals surface area contributed by atoms with Gasteiger partial charge in [-0.2, -0.15) is 0 Å². The Labute approximate surface area is 102 Å². The molecule has 0 spiro atoms. The van der Waals surface area contributed by atoms with Gasteiger partial charge in [0.05, 0.1) is 6.10 Å². The van der Waals surface area contributed by atoms with Crippen molar-refractivity contribution < 1.29 is 5.11 Å². The molecule has 0 heterocycles. The molecule has 0 saturated heterocycles. The molecule has 17 heavy (non-hydrogen) atoms. The van der Waals surface area contributed by atoms with Gasteiger partial charge in [-0.15, -0.1) is 0 Å². The van der Waals surface area contributed by atoms with Gasteiger partial charge >= 0.3 is 0 Å². The van der Waals surface area contributed by atoms with Gasteiger partial charge in [-0.3, -0.25) is 0 Å². The lowest BCUT2D eigenvalue weighted by Crippen LogP contribution is -1.98. The van der Waals surface area contributed by atoms with E-state index in [1.807, 2.05) is 60.7 Å². The average Bonchev–Trinajstić information content (AvgIpc) is 2.40. The third-order valence-corrected chi connectivity index (χ3v) is 2.81. The second kappa shape index (κ2) is 5.46. The smallest absolute Gasteiger partial charge is 0.0830 e. The van der Waals surface area contributed by atoms with Crippen LogP contribution in [0.2, 0.25) is 0 Å². The molecule has 2 rings (SSSR count). The van der Waals surface area contributed by atoms with Gasteiger partial charge in [0.25, 0.3) is 0 Å². The Kier molecular flexibility index (Phi) is 3.73. The Balaban J connectivity index is 2.05. The summed E-state index contributed by atoms with van der Waals surface area (Å²) < 4.78 is 0. The van der Waals surface area contributed by atoms with Gasteiger partial charge in [0.2, 0.25) is 0 Å². The molecule has 1 heteroatoms. The molecule has 86 valence electrons. The minimum Gasteiger partial charge on any atom is -0.388 e. The van der Waals surface area contributed by atoms with Crippen LogP contribution in [0.3, 0.4) is 0 Å². The summed E-state index contributed by atoms with van der Waals surface area (Å²) >= 11 is 0. The second-order valence-corrected chi connectivity index (χ2v) is 4.10.